The quantitative estimate of drug-likeness (QED) is 0.527. The number of carbonyl (C=O) groups excluding carboxylic acids is 1. The predicted octanol–water partition coefficient (Wildman–Crippen LogP) is 4.27. The Bertz CT molecular complexity index is 816. The van der Waals surface area contributed by atoms with E-state index in [1.54, 1.807) is 16.7 Å². The highest BCUT2D eigenvalue weighted by Gasteiger charge is 2.23. The van der Waals surface area contributed by atoms with Gasteiger partial charge in [-0.05, 0) is 17.4 Å². The van der Waals surface area contributed by atoms with E-state index >= 15 is 0 Å². The standard InChI is InChI=1S/C20H21N3O2S2/c1-23(18(24)14-27-20-22-21-17(25-20)13-26-2)19(15-9-5-3-6-10-15)16-11-7-4-8-12-16/h3-12,19H,13-14H2,1-2H3. The Kier molecular flexibility index (Phi) is 6.95. The highest BCUT2D eigenvalue weighted by Crippen LogP contribution is 2.28. The van der Waals surface area contributed by atoms with E-state index in [4.69, 9.17) is 4.42 Å². The van der Waals surface area contributed by atoms with Gasteiger partial charge in [-0.15, -0.1) is 10.2 Å². The summed E-state index contributed by atoms with van der Waals surface area (Å²) < 4.78 is 5.53. The van der Waals surface area contributed by atoms with Gasteiger partial charge in [-0.1, -0.05) is 72.4 Å². The van der Waals surface area contributed by atoms with E-state index in [-0.39, 0.29) is 17.7 Å². The van der Waals surface area contributed by atoms with Crippen LogP contribution >= 0.6 is 23.5 Å². The molecule has 3 rings (SSSR count). The van der Waals surface area contributed by atoms with E-state index in [1.807, 2.05) is 74.0 Å². The van der Waals surface area contributed by atoms with Gasteiger partial charge in [-0.3, -0.25) is 4.79 Å². The molecule has 0 aliphatic carbocycles. The lowest BCUT2D eigenvalue weighted by Crippen LogP contribution is -2.33. The molecule has 0 aliphatic heterocycles. The Morgan fingerprint density at radius 1 is 1.04 bits per heavy atom. The lowest BCUT2D eigenvalue weighted by molar-refractivity contribution is -0.128. The van der Waals surface area contributed by atoms with Crippen molar-refractivity contribution in [1.82, 2.24) is 15.1 Å². The zero-order chi connectivity index (χ0) is 19.1. The molecule has 27 heavy (non-hydrogen) atoms. The van der Waals surface area contributed by atoms with Crippen LogP contribution in [0.25, 0.3) is 0 Å². The third-order valence-electron chi connectivity index (χ3n) is 4.05. The molecule has 3 aromatic rings. The predicted molar refractivity (Wildman–Crippen MR) is 110 cm³/mol. The summed E-state index contributed by atoms with van der Waals surface area (Å²) in [7, 11) is 1.83. The summed E-state index contributed by atoms with van der Waals surface area (Å²) in [4.78, 5) is 14.6. The minimum absolute atomic E-state index is 0.00215. The van der Waals surface area contributed by atoms with Crippen LogP contribution < -0.4 is 0 Å². The third-order valence-corrected chi connectivity index (χ3v) is 5.39. The second kappa shape index (κ2) is 9.62. The van der Waals surface area contributed by atoms with E-state index < -0.39 is 0 Å². The number of carbonyl (C=O) groups is 1. The van der Waals surface area contributed by atoms with Crippen LogP contribution in [-0.4, -0.2) is 40.1 Å². The van der Waals surface area contributed by atoms with Crippen molar-refractivity contribution in [2.75, 3.05) is 19.1 Å². The van der Waals surface area contributed by atoms with Gasteiger partial charge in [0.15, 0.2) is 0 Å². The van der Waals surface area contributed by atoms with Gasteiger partial charge in [0.2, 0.25) is 11.8 Å². The maximum atomic E-state index is 12.8. The molecule has 0 N–H and O–H groups in total. The van der Waals surface area contributed by atoms with Gasteiger partial charge in [-0.25, -0.2) is 0 Å². The van der Waals surface area contributed by atoms with Crippen LogP contribution in [0.3, 0.4) is 0 Å². The molecule has 2 aromatic carbocycles. The number of rotatable bonds is 8. The van der Waals surface area contributed by atoms with Crippen molar-refractivity contribution in [2.45, 2.75) is 17.0 Å². The minimum atomic E-state index is -0.143. The normalized spacial score (nSPS) is 10.9. The lowest BCUT2D eigenvalue weighted by Gasteiger charge is -2.29. The zero-order valence-electron chi connectivity index (χ0n) is 15.2. The molecule has 0 bridgehead atoms. The van der Waals surface area contributed by atoms with Crippen molar-refractivity contribution in [1.29, 1.82) is 0 Å². The number of aromatic nitrogens is 2. The Balaban J connectivity index is 1.73. The van der Waals surface area contributed by atoms with Gasteiger partial charge in [0.05, 0.1) is 17.5 Å². The van der Waals surface area contributed by atoms with Gasteiger partial charge < -0.3 is 9.32 Å². The topological polar surface area (TPSA) is 59.2 Å². The molecule has 0 saturated heterocycles. The number of thioether (sulfide) groups is 2. The number of hydrogen-bond donors (Lipinski definition) is 0. The van der Waals surface area contributed by atoms with Crippen LogP contribution in [0, 0.1) is 0 Å². The fraction of sp³-hybridized carbons (Fsp3) is 0.250. The SMILES string of the molecule is CSCc1nnc(SCC(=O)N(C)C(c2ccccc2)c2ccccc2)o1. The summed E-state index contributed by atoms with van der Waals surface area (Å²) in [5.41, 5.74) is 2.15. The first kappa shape index (κ1) is 19.5. The van der Waals surface area contributed by atoms with Crippen LogP contribution in [0.1, 0.15) is 23.1 Å². The van der Waals surface area contributed by atoms with Crippen LogP contribution in [0.2, 0.25) is 0 Å². The summed E-state index contributed by atoms with van der Waals surface area (Å²) >= 11 is 2.89. The van der Waals surface area contributed by atoms with Crippen LogP contribution in [0.5, 0.6) is 0 Å². The Morgan fingerprint density at radius 2 is 1.63 bits per heavy atom. The fourth-order valence-corrected chi connectivity index (χ4v) is 3.83. The van der Waals surface area contributed by atoms with E-state index in [0.29, 0.717) is 16.9 Å². The summed E-state index contributed by atoms with van der Waals surface area (Å²) in [6.45, 7) is 0. The van der Waals surface area contributed by atoms with Crippen LogP contribution in [-0.2, 0) is 10.5 Å². The molecular formula is C20H21N3O2S2. The molecule has 7 heteroatoms. The van der Waals surface area contributed by atoms with Crippen molar-refractivity contribution in [2.24, 2.45) is 0 Å². The first-order valence-electron chi connectivity index (χ1n) is 8.48. The first-order valence-corrected chi connectivity index (χ1v) is 10.9. The largest absolute Gasteiger partial charge is 0.415 e. The number of benzene rings is 2. The molecule has 0 unspecified atom stereocenters. The molecular weight excluding hydrogens is 378 g/mol. The van der Waals surface area contributed by atoms with Crippen molar-refractivity contribution >= 4 is 29.4 Å². The Hall–Kier alpha value is -2.25. The molecule has 5 nitrogen and oxygen atoms in total. The van der Waals surface area contributed by atoms with Gasteiger partial charge in [0.1, 0.15) is 0 Å². The van der Waals surface area contributed by atoms with E-state index in [9.17, 15) is 4.79 Å². The molecule has 0 spiro atoms. The molecule has 0 saturated carbocycles. The fourth-order valence-electron chi connectivity index (χ4n) is 2.76. The lowest BCUT2D eigenvalue weighted by atomic mass is 9.97. The van der Waals surface area contributed by atoms with E-state index in [2.05, 4.69) is 10.2 Å². The van der Waals surface area contributed by atoms with Crippen molar-refractivity contribution in [3.05, 3.63) is 77.7 Å². The molecule has 0 radical (unpaired) electrons. The second-order valence-corrected chi connectivity index (χ2v) is 7.70. The summed E-state index contributed by atoms with van der Waals surface area (Å²) in [5.74, 6) is 1.50. The maximum absolute atomic E-state index is 12.8. The zero-order valence-corrected chi connectivity index (χ0v) is 16.9. The molecule has 0 aliphatic rings. The first-order chi connectivity index (χ1) is 13.2. The molecule has 0 fully saturated rings. The van der Waals surface area contributed by atoms with Crippen LogP contribution in [0.15, 0.2) is 70.3 Å². The highest BCUT2D eigenvalue weighted by molar-refractivity contribution is 7.99. The average Bonchev–Trinajstić information content (AvgIpc) is 3.16. The Morgan fingerprint density at radius 3 is 2.19 bits per heavy atom. The van der Waals surface area contributed by atoms with Gasteiger partial charge in [0, 0.05) is 7.05 Å². The molecule has 1 amide bonds. The maximum Gasteiger partial charge on any atom is 0.277 e. The number of hydrogen-bond acceptors (Lipinski definition) is 6. The third kappa shape index (κ3) is 5.14. The Labute approximate surface area is 167 Å². The second-order valence-electron chi connectivity index (χ2n) is 5.91. The monoisotopic (exact) mass is 399 g/mol. The van der Waals surface area contributed by atoms with Crippen molar-refractivity contribution in [3.8, 4) is 0 Å². The summed E-state index contributed by atoms with van der Waals surface area (Å²) in [5, 5.41) is 8.39. The van der Waals surface area contributed by atoms with Crippen LogP contribution in [0.4, 0.5) is 0 Å². The number of nitrogens with zero attached hydrogens (tertiary/aromatic N) is 3. The van der Waals surface area contributed by atoms with Gasteiger partial charge in [0.25, 0.3) is 5.22 Å². The van der Waals surface area contributed by atoms with Crippen molar-refractivity contribution < 1.29 is 9.21 Å². The van der Waals surface area contributed by atoms with Crippen molar-refractivity contribution in [3.63, 3.8) is 0 Å². The number of amides is 1. The molecule has 140 valence electrons. The molecule has 0 atom stereocenters. The highest BCUT2D eigenvalue weighted by atomic mass is 32.2. The van der Waals surface area contributed by atoms with E-state index in [1.165, 1.54) is 11.8 Å². The average molecular weight is 400 g/mol. The van der Waals surface area contributed by atoms with Gasteiger partial charge >= 0.3 is 0 Å². The summed E-state index contributed by atoms with van der Waals surface area (Å²) in [6.07, 6.45) is 1.98. The minimum Gasteiger partial charge on any atom is -0.415 e. The molecule has 1 heterocycles. The van der Waals surface area contributed by atoms with E-state index in [0.717, 1.165) is 11.1 Å². The van der Waals surface area contributed by atoms with Gasteiger partial charge in [-0.2, -0.15) is 11.8 Å². The smallest absolute Gasteiger partial charge is 0.277 e. The summed E-state index contributed by atoms with van der Waals surface area (Å²) in [6, 6.07) is 19.9. The molecule has 1 aromatic heterocycles.